The van der Waals surface area contributed by atoms with E-state index in [9.17, 15) is 24.3 Å². The number of nitrogens with one attached hydrogen (secondary N) is 3. The number of hydrogen-bond donors (Lipinski definition) is 9. The number of aliphatic imine (C=N–C) groups is 1. The molecule has 0 heterocycles. The highest BCUT2D eigenvalue weighted by Gasteiger charge is 2.30. The molecule has 0 aliphatic heterocycles. The third-order valence-electron chi connectivity index (χ3n) is 5.60. The van der Waals surface area contributed by atoms with Crippen LogP contribution in [0.4, 0.5) is 0 Å². The number of carboxylic acids is 1. The number of nitrogens with two attached hydrogens (primary N) is 4. The maximum absolute atomic E-state index is 13.1. The summed E-state index contributed by atoms with van der Waals surface area (Å²) in [6.07, 6.45) is 2.17. The van der Waals surface area contributed by atoms with Crippen LogP contribution in [-0.2, 0) is 25.6 Å². The smallest absolute Gasteiger partial charge is 0.326 e. The van der Waals surface area contributed by atoms with Gasteiger partial charge in [-0.2, -0.15) is 12.6 Å². The summed E-state index contributed by atoms with van der Waals surface area (Å²) in [6, 6.07) is 4.70. The molecule has 1 aromatic rings. The van der Waals surface area contributed by atoms with Crippen molar-refractivity contribution in [3.8, 4) is 0 Å². The van der Waals surface area contributed by atoms with Crippen LogP contribution in [0.5, 0.6) is 0 Å². The fourth-order valence-corrected chi connectivity index (χ4v) is 3.73. The molecule has 1 rings (SSSR count). The lowest BCUT2D eigenvalue weighted by Gasteiger charge is -2.25. The second kappa shape index (κ2) is 18.0. The van der Waals surface area contributed by atoms with Crippen LogP contribution in [-0.4, -0.2) is 77.8 Å². The lowest BCUT2D eigenvalue weighted by atomic mass is 10.0. The minimum absolute atomic E-state index is 0.0607. The van der Waals surface area contributed by atoms with Crippen LogP contribution in [0, 0.1) is 0 Å². The van der Waals surface area contributed by atoms with Crippen LogP contribution in [0.25, 0.3) is 0 Å². The highest BCUT2D eigenvalue weighted by atomic mass is 32.1. The summed E-state index contributed by atoms with van der Waals surface area (Å²) in [6.45, 7) is 0.712. The number of amides is 3. The number of carbonyl (C=O) groups excluding carboxylic acids is 3. The van der Waals surface area contributed by atoms with Gasteiger partial charge in [0.05, 0.1) is 6.04 Å². The number of unbranched alkanes of at least 4 members (excludes halogenated alkanes) is 1. The van der Waals surface area contributed by atoms with Crippen LogP contribution >= 0.6 is 12.6 Å². The summed E-state index contributed by atoms with van der Waals surface area (Å²) in [4.78, 5) is 54.1. The molecule has 38 heavy (non-hydrogen) atoms. The van der Waals surface area contributed by atoms with Gasteiger partial charge in [0.1, 0.15) is 18.1 Å². The van der Waals surface area contributed by atoms with E-state index in [2.05, 4.69) is 33.6 Å². The number of rotatable bonds is 18. The van der Waals surface area contributed by atoms with E-state index in [-0.39, 0.29) is 31.0 Å². The third-order valence-corrected chi connectivity index (χ3v) is 5.96. The van der Waals surface area contributed by atoms with Gasteiger partial charge < -0.3 is 44.0 Å². The van der Waals surface area contributed by atoms with Crippen molar-refractivity contribution >= 4 is 42.3 Å². The monoisotopic (exact) mass is 552 g/mol. The SMILES string of the molecule is NCCCCC(NC(=O)C(Cc1ccccc1)NC(=O)C(CS)NC(=O)C(N)CCCN=C(N)N)C(=O)O. The number of aliphatic carboxylic acids is 1. The van der Waals surface area contributed by atoms with E-state index in [0.717, 1.165) is 5.56 Å². The van der Waals surface area contributed by atoms with Crippen LogP contribution < -0.4 is 38.9 Å². The Hall–Kier alpha value is -3.36. The normalized spacial score (nSPS) is 13.9. The highest BCUT2D eigenvalue weighted by Crippen LogP contribution is 2.07. The average molecular weight is 553 g/mol. The van der Waals surface area contributed by atoms with Gasteiger partial charge in [0.2, 0.25) is 17.7 Å². The van der Waals surface area contributed by atoms with Gasteiger partial charge in [-0.15, -0.1) is 0 Å². The van der Waals surface area contributed by atoms with Gasteiger partial charge in [-0.1, -0.05) is 30.3 Å². The fourth-order valence-electron chi connectivity index (χ4n) is 3.48. The second-order valence-electron chi connectivity index (χ2n) is 8.73. The van der Waals surface area contributed by atoms with E-state index in [1.165, 1.54) is 0 Å². The minimum atomic E-state index is -1.19. The molecule has 4 atom stereocenters. The van der Waals surface area contributed by atoms with Crippen molar-refractivity contribution in [2.75, 3.05) is 18.8 Å². The molecule has 0 saturated heterocycles. The molecule has 0 spiro atoms. The molecule has 212 valence electrons. The molecule has 1 aromatic carbocycles. The maximum Gasteiger partial charge on any atom is 0.326 e. The molecular formula is C24H40N8O5S. The first-order valence-electron chi connectivity index (χ1n) is 12.4. The van der Waals surface area contributed by atoms with E-state index >= 15 is 0 Å². The minimum Gasteiger partial charge on any atom is -0.480 e. The lowest BCUT2D eigenvalue weighted by Crippen LogP contribution is -2.58. The molecule has 3 amide bonds. The summed E-state index contributed by atoms with van der Waals surface area (Å²) < 4.78 is 0. The molecule has 14 heteroatoms. The summed E-state index contributed by atoms with van der Waals surface area (Å²) in [7, 11) is 0. The number of hydrogen-bond acceptors (Lipinski definition) is 8. The number of carboxylic acid groups (broad SMARTS) is 1. The quantitative estimate of drug-likeness (QED) is 0.0431. The van der Waals surface area contributed by atoms with Crippen molar-refractivity contribution in [1.29, 1.82) is 0 Å². The summed E-state index contributed by atoms with van der Waals surface area (Å²) >= 11 is 4.16. The average Bonchev–Trinajstić information content (AvgIpc) is 2.88. The zero-order valence-corrected chi connectivity index (χ0v) is 22.2. The number of nitrogens with zero attached hydrogens (tertiary/aromatic N) is 1. The van der Waals surface area contributed by atoms with E-state index < -0.39 is 47.9 Å². The van der Waals surface area contributed by atoms with E-state index in [0.29, 0.717) is 32.4 Å². The van der Waals surface area contributed by atoms with E-state index in [1.807, 2.05) is 6.07 Å². The predicted molar refractivity (Wildman–Crippen MR) is 148 cm³/mol. The van der Waals surface area contributed by atoms with Crippen LogP contribution in [0.3, 0.4) is 0 Å². The van der Waals surface area contributed by atoms with Crippen LogP contribution in [0.15, 0.2) is 35.3 Å². The Morgan fingerprint density at radius 3 is 2.05 bits per heavy atom. The molecule has 4 unspecified atom stereocenters. The zero-order valence-electron chi connectivity index (χ0n) is 21.3. The first-order chi connectivity index (χ1) is 18.1. The Labute approximate surface area is 228 Å². The maximum atomic E-state index is 13.1. The molecule has 0 bridgehead atoms. The first kappa shape index (κ1) is 32.7. The van der Waals surface area contributed by atoms with E-state index in [1.54, 1.807) is 24.3 Å². The number of guanidine groups is 1. The van der Waals surface area contributed by atoms with Gasteiger partial charge in [0.15, 0.2) is 5.96 Å². The van der Waals surface area contributed by atoms with Crippen molar-refractivity contribution in [2.45, 2.75) is 62.7 Å². The standard InChI is InChI=1S/C24H40N8O5S/c25-11-5-4-10-17(23(36)37)30-21(34)18(13-15-7-2-1-3-8-15)31-22(35)19(14-38)32-20(33)16(26)9-6-12-29-24(27)28/h1-3,7-8,16-19,38H,4-6,9-14,25-26H2,(H,30,34)(H,31,35)(H,32,33)(H,36,37)(H4,27,28,29). The molecule has 13 nitrogen and oxygen atoms in total. The zero-order chi connectivity index (χ0) is 28.5. The number of benzene rings is 1. The number of carbonyl (C=O) groups is 4. The van der Waals surface area contributed by atoms with Crippen molar-refractivity contribution in [3.05, 3.63) is 35.9 Å². The molecule has 0 fully saturated rings. The lowest BCUT2D eigenvalue weighted by molar-refractivity contribution is -0.142. The Morgan fingerprint density at radius 1 is 0.868 bits per heavy atom. The van der Waals surface area contributed by atoms with Gasteiger partial charge in [-0.25, -0.2) is 4.79 Å². The molecular weight excluding hydrogens is 512 g/mol. The molecule has 12 N–H and O–H groups in total. The topological polar surface area (TPSA) is 241 Å². The van der Waals surface area contributed by atoms with Gasteiger partial charge in [0.25, 0.3) is 0 Å². The molecule has 0 radical (unpaired) electrons. The number of thiol groups is 1. The predicted octanol–water partition coefficient (Wildman–Crippen LogP) is -1.79. The fraction of sp³-hybridized carbons (Fsp3) is 0.542. The van der Waals surface area contributed by atoms with Gasteiger partial charge in [-0.05, 0) is 44.2 Å². The Balaban J connectivity index is 2.90. The van der Waals surface area contributed by atoms with Crippen LogP contribution in [0.2, 0.25) is 0 Å². The second-order valence-corrected chi connectivity index (χ2v) is 9.10. The van der Waals surface area contributed by atoms with Crippen LogP contribution in [0.1, 0.15) is 37.7 Å². The highest BCUT2D eigenvalue weighted by molar-refractivity contribution is 7.80. The van der Waals surface area contributed by atoms with Crippen molar-refractivity contribution in [1.82, 2.24) is 16.0 Å². The molecule has 0 aliphatic carbocycles. The van der Waals surface area contributed by atoms with Crippen molar-refractivity contribution < 1.29 is 24.3 Å². The van der Waals surface area contributed by atoms with E-state index in [4.69, 9.17) is 22.9 Å². The Kier molecular flexibility index (Phi) is 15.5. The summed E-state index contributed by atoms with van der Waals surface area (Å²) in [5, 5.41) is 17.2. The first-order valence-corrected chi connectivity index (χ1v) is 13.0. The van der Waals surface area contributed by atoms with Gasteiger partial charge in [-0.3, -0.25) is 19.4 Å². The Bertz CT molecular complexity index is 930. The molecule has 0 aliphatic rings. The summed E-state index contributed by atoms with van der Waals surface area (Å²) in [5.41, 5.74) is 22.7. The van der Waals surface area contributed by atoms with Gasteiger partial charge >= 0.3 is 5.97 Å². The summed E-state index contributed by atoms with van der Waals surface area (Å²) in [5.74, 6) is -3.20. The Morgan fingerprint density at radius 2 is 1.47 bits per heavy atom. The largest absolute Gasteiger partial charge is 0.480 e. The molecule has 0 aromatic heterocycles. The van der Waals surface area contributed by atoms with Crippen molar-refractivity contribution in [3.63, 3.8) is 0 Å². The van der Waals surface area contributed by atoms with Crippen molar-refractivity contribution in [2.24, 2.45) is 27.9 Å². The third kappa shape index (κ3) is 12.7. The molecule has 0 saturated carbocycles. The van der Waals surface area contributed by atoms with Gasteiger partial charge in [0, 0.05) is 18.7 Å².